The highest BCUT2D eigenvalue weighted by Crippen LogP contribution is 2.15. The molecule has 6 nitrogen and oxygen atoms in total. The SMILES string of the molecule is CCc1cc(=O)[nH]c(-c2ccc(NC[C@@H](C)CO)nc2)n1. The minimum Gasteiger partial charge on any atom is -0.396 e. The maximum absolute atomic E-state index is 11.6. The fraction of sp³-hybridized carbons (Fsp3) is 0.400. The van der Waals surface area contributed by atoms with Crippen molar-refractivity contribution in [1.82, 2.24) is 15.0 Å². The summed E-state index contributed by atoms with van der Waals surface area (Å²) in [6.07, 6.45) is 2.38. The Labute approximate surface area is 123 Å². The predicted molar refractivity (Wildman–Crippen MR) is 82.2 cm³/mol. The van der Waals surface area contributed by atoms with E-state index in [-0.39, 0.29) is 18.1 Å². The third-order valence-corrected chi connectivity index (χ3v) is 3.14. The van der Waals surface area contributed by atoms with Gasteiger partial charge in [0.2, 0.25) is 0 Å². The van der Waals surface area contributed by atoms with Crippen LogP contribution in [0.2, 0.25) is 0 Å². The lowest BCUT2D eigenvalue weighted by Gasteiger charge is -2.10. The van der Waals surface area contributed by atoms with Crippen molar-refractivity contribution >= 4 is 5.82 Å². The van der Waals surface area contributed by atoms with Crippen LogP contribution >= 0.6 is 0 Å². The fourth-order valence-electron chi connectivity index (χ4n) is 1.81. The van der Waals surface area contributed by atoms with E-state index in [2.05, 4.69) is 20.3 Å². The maximum atomic E-state index is 11.6. The Hall–Kier alpha value is -2.21. The molecule has 2 rings (SSSR count). The molecule has 1 atom stereocenters. The van der Waals surface area contributed by atoms with Crippen LogP contribution in [0.3, 0.4) is 0 Å². The Balaban J connectivity index is 2.15. The van der Waals surface area contributed by atoms with Crippen LogP contribution in [0.4, 0.5) is 5.82 Å². The molecule has 0 aliphatic heterocycles. The van der Waals surface area contributed by atoms with E-state index < -0.39 is 0 Å². The van der Waals surface area contributed by atoms with Gasteiger partial charge in [-0.3, -0.25) is 4.79 Å². The van der Waals surface area contributed by atoms with Gasteiger partial charge < -0.3 is 15.4 Å². The first-order valence-corrected chi connectivity index (χ1v) is 7.03. The van der Waals surface area contributed by atoms with E-state index in [1.165, 1.54) is 6.07 Å². The second kappa shape index (κ2) is 6.99. The lowest BCUT2D eigenvalue weighted by molar-refractivity contribution is 0.244. The topological polar surface area (TPSA) is 90.9 Å². The summed E-state index contributed by atoms with van der Waals surface area (Å²) in [5, 5.41) is 12.1. The van der Waals surface area contributed by atoms with Gasteiger partial charge in [-0.05, 0) is 24.5 Å². The molecular weight excluding hydrogens is 268 g/mol. The minimum absolute atomic E-state index is 0.139. The highest BCUT2D eigenvalue weighted by atomic mass is 16.3. The number of hydrogen-bond acceptors (Lipinski definition) is 5. The van der Waals surface area contributed by atoms with Crippen LogP contribution in [0.5, 0.6) is 0 Å². The molecule has 0 aromatic carbocycles. The van der Waals surface area contributed by atoms with E-state index in [1.54, 1.807) is 6.20 Å². The fourth-order valence-corrected chi connectivity index (χ4v) is 1.81. The molecule has 0 amide bonds. The van der Waals surface area contributed by atoms with Gasteiger partial charge in [0.05, 0.1) is 0 Å². The van der Waals surface area contributed by atoms with Crippen molar-refractivity contribution in [2.75, 3.05) is 18.5 Å². The number of H-pyrrole nitrogens is 1. The zero-order valence-corrected chi connectivity index (χ0v) is 12.3. The monoisotopic (exact) mass is 288 g/mol. The number of hydrogen-bond donors (Lipinski definition) is 3. The smallest absolute Gasteiger partial charge is 0.251 e. The van der Waals surface area contributed by atoms with Crippen molar-refractivity contribution < 1.29 is 5.11 Å². The number of aromatic amines is 1. The molecule has 3 N–H and O–H groups in total. The summed E-state index contributed by atoms with van der Waals surface area (Å²) in [6.45, 7) is 4.70. The molecule has 0 fully saturated rings. The van der Waals surface area contributed by atoms with Crippen LogP contribution in [0.1, 0.15) is 19.5 Å². The number of nitrogens with one attached hydrogen (secondary N) is 2. The van der Waals surface area contributed by atoms with Gasteiger partial charge in [-0.2, -0.15) is 0 Å². The number of aromatic nitrogens is 3. The van der Waals surface area contributed by atoms with E-state index in [0.717, 1.165) is 17.1 Å². The number of rotatable bonds is 6. The molecule has 2 heterocycles. The summed E-state index contributed by atoms with van der Waals surface area (Å²) >= 11 is 0. The number of aryl methyl sites for hydroxylation is 1. The van der Waals surface area contributed by atoms with Gasteiger partial charge in [0.25, 0.3) is 5.56 Å². The van der Waals surface area contributed by atoms with Gasteiger partial charge in [0.15, 0.2) is 0 Å². The molecule has 0 bridgehead atoms. The summed E-state index contributed by atoms with van der Waals surface area (Å²) in [5.41, 5.74) is 1.37. The van der Waals surface area contributed by atoms with Crippen molar-refractivity contribution in [3.8, 4) is 11.4 Å². The van der Waals surface area contributed by atoms with Crippen molar-refractivity contribution in [3.05, 3.63) is 40.4 Å². The van der Waals surface area contributed by atoms with Crippen LogP contribution in [-0.2, 0) is 6.42 Å². The molecule has 0 radical (unpaired) electrons. The average Bonchev–Trinajstić information content (AvgIpc) is 2.52. The van der Waals surface area contributed by atoms with Gasteiger partial charge in [0.1, 0.15) is 11.6 Å². The van der Waals surface area contributed by atoms with E-state index in [1.807, 2.05) is 26.0 Å². The van der Waals surface area contributed by atoms with E-state index >= 15 is 0 Å². The van der Waals surface area contributed by atoms with Gasteiger partial charge in [-0.15, -0.1) is 0 Å². The lowest BCUT2D eigenvalue weighted by atomic mass is 10.2. The zero-order chi connectivity index (χ0) is 15.2. The number of anilines is 1. The summed E-state index contributed by atoms with van der Waals surface area (Å²) < 4.78 is 0. The van der Waals surface area contributed by atoms with Crippen molar-refractivity contribution in [3.63, 3.8) is 0 Å². The molecule has 2 aromatic heterocycles. The van der Waals surface area contributed by atoms with Gasteiger partial charge in [-0.25, -0.2) is 9.97 Å². The second-order valence-electron chi connectivity index (χ2n) is 5.04. The normalized spacial score (nSPS) is 12.1. The Morgan fingerprint density at radius 1 is 1.43 bits per heavy atom. The Kier molecular flexibility index (Phi) is 5.05. The zero-order valence-electron chi connectivity index (χ0n) is 12.3. The second-order valence-corrected chi connectivity index (χ2v) is 5.04. The molecule has 112 valence electrons. The van der Waals surface area contributed by atoms with E-state index in [9.17, 15) is 4.79 Å². The van der Waals surface area contributed by atoms with Crippen LogP contribution in [0.25, 0.3) is 11.4 Å². The molecule has 2 aromatic rings. The van der Waals surface area contributed by atoms with Crippen LogP contribution in [0, 0.1) is 5.92 Å². The van der Waals surface area contributed by atoms with Crippen LogP contribution in [0.15, 0.2) is 29.2 Å². The van der Waals surface area contributed by atoms with Crippen LogP contribution in [-0.4, -0.2) is 33.2 Å². The first-order chi connectivity index (χ1) is 10.1. The van der Waals surface area contributed by atoms with Crippen molar-refractivity contribution in [2.24, 2.45) is 5.92 Å². The first kappa shape index (κ1) is 15.2. The maximum Gasteiger partial charge on any atom is 0.251 e. The molecular formula is C15H20N4O2. The Morgan fingerprint density at radius 3 is 2.86 bits per heavy atom. The number of nitrogens with zero attached hydrogens (tertiary/aromatic N) is 2. The van der Waals surface area contributed by atoms with Gasteiger partial charge >= 0.3 is 0 Å². The first-order valence-electron chi connectivity index (χ1n) is 7.03. The summed E-state index contributed by atoms with van der Waals surface area (Å²) in [6, 6.07) is 5.19. The molecule has 0 saturated carbocycles. The number of pyridine rings is 1. The molecule has 6 heteroatoms. The molecule has 21 heavy (non-hydrogen) atoms. The van der Waals surface area contributed by atoms with Crippen LogP contribution < -0.4 is 10.9 Å². The number of aliphatic hydroxyl groups is 1. The lowest BCUT2D eigenvalue weighted by Crippen LogP contribution is -2.15. The molecule has 0 spiro atoms. The molecule has 0 aliphatic rings. The summed E-state index contributed by atoms with van der Waals surface area (Å²) in [4.78, 5) is 23.0. The Bertz CT molecular complexity index is 637. The van der Waals surface area contributed by atoms with Crippen molar-refractivity contribution in [2.45, 2.75) is 20.3 Å². The molecule has 0 aliphatic carbocycles. The molecule has 0 saturated heterocycles. The number of aliphatic hydroxyl groups excluding tert-OH is 1. The van der Waals surface area contributed by atoms with Crippen molar-refractivity contribution in [1.29, 1.82) is 0 Å². The summed E-state index contributed by atoms with van der Waals surface area (Å²) in [5.74, 6) is 1.43. The predicted octanol–water partition coefficient (Wildman–Crippen LogP) is 1.43. The quantitative estimate of drug-likeness (QED) is 0.748. The van der Waals surface area contributed by atoms with Gasteiger partial charge in [-0.1, -0.05) is 13.8 Å². The molecule has 0 unspecified atom stereocenters. The standard InChI is InChI=1S/C15H20N4O2/c1-3-12-6-14(21)19-15(18-12)11-4-5-13(17-8-11)16-7-10(2)9-20/h4-6,8,10,20H,3,7,9H2,1-2H3,(H,16,17)(H,18,19,21)/t10-/m1/s1. The van der Waals surface area contributed by atoms with Gasteiger partial charge in [0, 0.05) is 36.7 Å². The largest absolute Gasteiger partial charge is 0.396 e. The third-order valence-electron chi connectivity index (χ3n) is 3.14. The minimum atomic E-state index is -0.157. The third kappa shape index (κ3) is 4.13. The summed E-state index contributed by atoms with van der Waals surface area (Å²) in [7, 11) is 0. The highest BCUT2D eigenvalue weighted by Gasteiger charge is 2.05. The average molecular weight is 288 g/mol. The van der Waals surface area contributed by atoms with E-state index in [0.29, 0.717) is 18.8 Å². The Morgan fingerprint density at radius 2 is 2.24 bits per heavy atom. The van der Waals surface area contributed by atoms with E-state index in [4.69, 9.17) is 5.11 Å². The highest BCUT2D eigenvalue weighted by molar-refractivity contribution is 5.55.